The molecule has 176 valence electrons. The SMILES string of the molecule is CC1CC2CC(CC(C)(C(N)=O)C2)C1NC(=O)C1(NSc2cccc3cccnc23)CCC1. The Morgan fingerprint density at radius 3 is 2.67 bits per heavy atom. The van der Waals surface area contributed by atoms with Crippen LogP contribution in [0.1, 0.15) is 58.8 Å². The highest BCUT2D eigenvalue weighted by molar-refractivity contribution is 7.97. The lowest BCUT2D eigenvalue weighted by atomic mass is 9.57. The van der Waals surface area contributed by atoms with Crippen LogP contribution in [-0.2, 0) is 9.59 Å². The van der Waals surface area contributed by atoms with Gasteiger partial charge in [-0.3, -0.25) is 14.6 Å². The number of fused-ring (bicyclic) bond motifs is 3. The second-order valence-corrected chi connectivity index (χ2v) is 11.7. The van der Waals surface area contributed by atoms with E-state index in [1.165, 1.54) is 11.9 Å². The zero-order chi connectivity index (χ0) is 23.2. The lowest BCUT2D eigenvalue weighted by Crippen LogP contribution is -2.63. The van der Waals surface area contributed by atoms with Gasteiger partial charge in [0, 0.05) is 27.9 Å². The molecule has 5 unspecified atom stereocenters. The molecule has 1 aromatic heterocycles. The standard InChI is InChI=1S/C26H34N4O2S/c1-16-12-17-13-19(15-25(2,14-17)23(27)31)21(16)29-24(32)26(9-5-10-26)30-33-20-8-3-6-18-7-4-11-28-22(18)20/h3-4,6-8,11,16-17,19,21,30H,5,9-10,12-15H2,1-2H3,(H2,27,31)(H,29,32). The largest absolute Gasteiger partial charge is 0.369 e. The molecule has 3 aliphatic carbocycles. The first-order valence-corrected chi connectivity index (χ1v) is 13.0. The van der Waals surface area contributed by atoms with E-state index in [-0.39, 0.29) is 17.9 Å². The van der Waals surface area contributed by atoms with E-state index in [0.29, 0.717) is 17.8 Å². The lowest BCUT2D eigenvalue weighted by molar-refractivity contribution is -0.135. The van der Waals surface area contributed by atoms with E-state index in [0.717, 1.165) is 60.7 Å². The van der Waals surface area contributed by atoms with Gasteiger partial charge in [0.15, 0.2) is 0 Å². The molecule has 5 atom stereocenters. The number of nitrogens with zero attached hydrogens (tertiary/aromatic N) is 1. The molecule has 4 N–H and O–H groups in total. The number of nitrogens with one attached hydrogen (secondary N) is 2. The molecule has 5 rings (SSSR count). The maximum Gasteiger partial charge on any atom is 0.241 e. The van der Waals surface area contributed by atoms with Crippen LogP contribution in [0.25, 0.3) is 10.9 Å². The summed E-state index contributed by atoms with van der Waals surface area (Å²) in [6.45, 7) is 4.25. The smallest absolute Gasteiger partial charge is 0.241 e. The van der Waals surface area contributed by atoms with Crippen LogP contribution in [0.4, 0.5) is 0 Å². The number of para-hydroxylation sites is 1. The molecule has 3 saturated carbocycles. The summed E-state index contributed by atoms with van der Waals surface area (Å²) >= 11 is 1.51. The number of carbonyl (C=O) groups is 2. The van der Waals surface area contributed by atoms with E-state index in [1.54, 1.807) is 6.20 Å². The Balaban J connectivity index is 1.30. The van der Waals surface area contributed by atoms with Crippen LogP contribution in [-0.4, -0.2) is 28.4 Å². The molecular weight excluding hydrogens is 432 g/mol. The number of amides is 2. The molecule has 7 heteroatoms. The molecule has 1 heterocycles. The van der Waals surface area contributed by atoms with E-state index in [4.69, 9.17) is 5.73 Å². The first-order valence-electron chi connectivity index (χ1n) is 12.2. The van der Waals surface area contributed by atoms with Crippen molar-refractivity contribution in [2.75, 3.05) is 0 Å². The van der Waals surface area contributed by atoms with Gasteiger partial charge in [-0.05, 0) is 86.8 Å². The van der Waals surface area contributed by atoms with Crippen molar-refractivity contribution < 1.29 is 9.59 Å². The van der Waals surface area contributed by atoms with Crippen molar-refractivity contribution in [2.45, 2.75) is 75.3 Å². The molecule has 0 aliphatic heterocycles. The summed E-state index contributed by atoms with van der Waals surface area (Å²) in [5.74, 6) is 1.13. The van der Waals surface area contributed by atoms with Crippen molar-refractivity contribution in [3.05, 3.63) is 36.5 Å². The highest BCUT2D eigenvalue weighted by Crippen LogP contribution is 2.50. The number of pyridine rings is 1. The number of primary amides is 1. The zero-order valence-electron chi connectivity index (χ0n) is 19.5. The number of hydrogen-bond donors (Lipinski definition) is 3. The maximum atomic E-state index is 13.6. The fraction of sp³-hybridized carbons (Fsp3) is 0.577. The van der Waals surface area contributed by atoms with Crippen molar-refractivity contribution in [3.8, 4) is 0 Å². The average molecular weight is 467 g/mol. The Hall–Kier alpha value is -2.12. The summed E-state index contributed by atoms with van der Waals surface area (Å²) in [5, 5.41) is 4.53. The molecular formula is C26H34N4O2S. The highest BCUT2D eigenvalue weighted by Gasteiger charge is 2.51. The van der Waals surface area contributed by atoms with Crippen molar-refractivity contribution in [1.82, 2.24) is 15.0 Å². The van der Waals surface area contributed by atoms with Gasteiger partial charge in [-0.1, -0.05) is 32.0 Å². The molecule has 0 radical (unpaired) electrons. The Morgan fingerprint density at radius 2 is 1.94 bits per heavy atom. The van der Waals surface area contributed by atoms with Crippen LogP contribution in [0.2, 0.25) is 0 Å². The summed E-state index contributed by atoms with van der Waals surface area (Å²) < 4.78 is 3.53. The van der Waals surface area contributed by atoms with Gasteiger partial charge in [0.05, 0.1) is 5.52 Å². The number of aromatic nitrogens is 1. The summed E-state index contributed by atoms with van der Waals surface area (Å²) in [5.41, 5.74) is 5.71. The van der Waals surface area contributed by atoms with Gasteiger partial charge in [0.1, 0.15) is 5.54 Å². The third kappa shape index (κ3) is 4.14. The molecule has 1 aromatic carbocycles. The van der Waals surface area contributed by atoms with E-state index in [2.05, 4.69) is 34.1 Å². The van der Waals surface area contributed by atoms with Crippen LogP contribution in [0.5, 0.6) is 0 Å². The topological polar surface area (TPSA) is 97.1 Å². The molecule has 6 nitrogen and oxygen atoms in total. The number of nitrogens with two attached hydrogens (primary N) is 1. The highest BCUT2D eigenvalue weighted by atomic mass is 32.2. The van der Waals surface area contributed by atoms with Crippen molar-refractivity contribution in [3.63, 3.8) is 0 Å². The second-order valence-electron chi connectivity index (χ2n) is 10.9. The Bertz CT molecular complexity index is 1060. The van der Waals surface area contributed by atoms with Crippen LogP contribution >= 0.6 is 11.9 Å². The third-order valence-corrected chi connectivity index (χ3v) is 9.44. The van der Waals surface area contributed by atoms with Gasteiger partial charge in [-0.2, -0.15) is 0 Å². The summed E-state index contributed by atoms with van der Waals surface area (Å²) in [7, 11) is 0. The minimum Gasteiger partial charge on any atom is -0.369 e. The van der Waals surface area contributed by atoms with Crippen molar-refractivity contribution in [2.24, 2.45) is 28.9 Å². The fourth-order valence-electron chi connectivity index (χ4n) is 6.45. The van der Waals surface area contributed by atoms with Gasteiger partial charge in [-0.15, -0.1) is 0 Å². The molecule has 0 saturated heterocycles. The van der Waals surface area contributed by atoms with Gasteiger partial charge < -0.3 is 11.1 Å². The van der Waals surface area contributed by atoms with Crippen LogP contribution in [0, 0.1) is 23.2 Å². The van der Waals surface area contributed by atoms with E-state index < -0.39 is 11.0 Å². The summed E-state index contributed by atoms with van der Waals surface area (Å²) in [6.07, 6.45) is 8.28. The first-order chi connectivity index (χ1) is 15.8. The Morgan fingerprint density at radius 1 is 1.15 bits per heavy atom. The maximum absolute atomic E-state index is 13.6. The molecule has 0 spiro atoms. The Kier molecular flexibility index (Phi) is 5.90. The quantitative estimate of drug-likeness (QED) is 0.555. The van der Waals surface area contributed by atoms with Crippen molar-refractivity contribution >= 4 is 34.7 Å². The van der Waals surface area contributed by atoms with Gasteiger partial charge in [-0.25, -0.2) is 4.72 Å². The van der Waals surface area contributed by atoms with E-state index >= 15 is 0 Å². The molecule has 2 amide bonds. The molecule has 2 aromatic rings. The molecule has 33 heavy (non-hydrogen) atoms. The summed E-state index contributed by atoms with van der Waals surface area (Å²) in [4.78, 5) is 31.3. The molecule has 3 aliphatic rings. The lowest BCUT2D eigenvalue weighted by Gasteiger charge is -2.51. The van der Waals surface area contributed by atoms with E-state index in [1.807, 2.05) is 25.1 Å². The number of carbonyl (C=O) groups excluding carboxylic acids is 2. The zero-order valence-corrected chi connectivity index (χ0v) is 20.3. The Labute approximate surface area is 200 Å². The predicted molar refractivity (Wildman–Crippen MR) is 131 cm³/mol. The number of rotatable bonds is 6. The first kappa shape index (κ1) is 22.7. The normalized spacial score (nSPS) is 32.7. The number of hydrogen-bond acceptors (Lipinski definition) is 5. The van der Waals surface area contributed by atoms with Crippen LogP contribution in [0.3, 0.4) is 0 Å². The van der Waals surface area contributed by atoms with E-state index in [9.17, 15) is 9.59 Å². The van der Waals surface area contributed by atoms with Crippen molar-refractivity contribution in [1.29, 1.82) is 0 Å². The third-order valence-electron chi connectivity index (χ3n) is 8.40. The minimum absolute atomic E-state index is 0.0936. The predicted octanol–water partition coefficient (Wildman–Crippen LogP) is 4.19. The average Bonchev–Trinajstić information content (AvgIpc) is 2.75. The second kappa shape index (κ2) is 8.58. The van der Waals surface area contributed by atoms with Gasteiger partial charge >= 0.3 is 0 Å². The molecule has 2 bridgehead atoms. The monoisotopic (exact) mass is 466 g/mol. The summed E-state index contributed by atoms with van der Waals surface area (Å²) in [6, 6.07) is 10.2. The van der Waals surface area contributed by atoms with Crippen LogP contribution in [0.15, 0.2) is 41.4 Å². The van der Waals surface area contributed by atoms with Crippen LogP contribution < -0.4 is 15.8 Å². The fourth-order valence-corrected chi connectivity index (χ4v) is 7.47. The minimum atomic E-state index is -0.556. The molecule has 3 fully saturated rings. The van der Waals surface area contributed by atoms with Gasteiger partial charge in [0.25, 0.3) is 0 Å². The number of benzene rings is 1. The van der Waals surface area contributed by atoms with Gasteiger partial charge in [0.2, 0.25) is 11.8 Å².